The topological polar surface area (TPSA) is 91.7 Å². The maximum Gasteiger partial charge on any atom is 0.303 e. The molecule has 0 aromatic rings. The van der Waals surface area contributed by atoms with Crippen molar-refractivity contribution in [1.82, 2.24) is 0 Å². The van der Waals surface area contributed by atoms with Gasteiger partial charge in [0.15, 0.2) is 0 Å². The normalized spacial score (nSPS) is 11.2. The number of ketones is 1. The van der Waals surface area contributed by atoms with Gasteiger partial charge in [-0.05, 0) is 26.2 Å². The Kier molecular flexibility index (Phi) is 6.46. The summed E-state index contributed by atoms with van der Waals surface area (Å²) in [7, 11) is 0. The van der Waals surface area contributed by atoms with Gasteiger partial charge in [-0.1, -0.05) is 13.3 Å². The van der Waals surface area contributed by atoms with Gasteiger partial charge in [0.2, 0.25) is 0 Å². The summed E-state index contributed by atoms with van der Waals surface area (Å²) in [6.07, 6.45) is 1.53. The molecule has 0 spiro atoms. The Morgan fingerprint density at radius 3 is 1.59 bits per heavy atom. The molecule has 5 nitrogen and oxygen atoms in total. The third-order valence-corrected chi connectivity index (χ3v) is 3.11. The van der Waals surface area contributed by atoms with Gasteiger partial charge in [-0.25, -0.2) is 0 Å². The van der Waals surface area contributed by atoms with Crippen molar-refractivity contribution < 1.29 is 24.6 Å². The molecule has 0 aromatic heterocycles. The summed E-state index contributed by atoms with van der Waals surface area (Å²) in [4.78, 5) is 32.9. The van der Waals surface area contributed by atoms with E-state index in [1.54, 1.807) is 0 Å². The summed E-state index contributed by atoms with van der Waals surface area (Å²) in [5.74, 6) is -2.02. The lowest BCUT2D eigenvalue weighted by Crippen LogP contribution is -2.31. The van der Waals surface area contributed by atoms with Gasteiger partial charge in [0, 0.05) is 18.3 Å². The van der Waals surface area contributed by atoms with Gasteiger partial charge in [0.05, 0.1) is 0 Å². The minimum Gasteiger partial charge on any atom is -0.481 e. The molecule has 0 aliphatic heterocycles. The van der Waals surface area contributed by atoms with Crippen molar-refractivity contribution in [1.29, 1.82) is 0 Å². The zero-order valence-electron chi connectivity index (χ0n) is 10.4. The number of carbonyl (C=O) groups is 3. The molecule has 98 valence electrons. The standard InChI is InChI=1S/C12H20O5/c1-3-6-12(9(2)13,7-4-10(14)15)8-5-11(16)17/h3-8H2,1-2H3,(H,14,15)(H,16,17). The van der Waals surface area contributed by atoms with Gasteiger partial charge in [0.1, 0.15) is 5.78 Å². The molecule has 0 aromatic carbocycles. The van der Waals surface area contributed by atoms with Crippen LogP contribution >= 0.6 is 0 Å². The molecule has 0 heterocycles. The number of Topliss-reactive ketones (excluding diaryl/α,β-unsaturated/α-hetero) is 1. The van der Waals surface area contributed by atoms with Crippen LogP contribution in [0.4, 0.5) is 0 Å². The monoisotopic (exact) mass is 244 g/mol. The van der Waals surface area contributed by atoms with E-state index >= 15 is 0 Å². The lowest BCUT2D eigenvalue weighted by Gasteiger charge is -2.30. The summed E-state index contributed by atoms with van der Waals surface area (Å²) in [5, 5.41) is 17.4. The highest BCUT2D eigenvalue weighted by molar-refractivity contribution is 5.83. The second kappa shape index (κ2) is 7.04. The van der Waals surface area contributed by atoms with E-state index in [9.17, 15) is 14.4 Å². The molecule has 0 atom stereocenters. The fourth-order valence-corrected chi connectivity index (χ4v) is 2.07. The van der Waals surface area contributed by atoms with Crippen LogP contribution in [0, 0.1) is 5.41 Å². The van der Waals surface area contributed by atoms with Gasteiger partial charge in [0.25, 0.3) is 0 Å². The first-order valence-electron chi connectivity index (χ1n) is 5.78. The number of carbonyl (C=O) groups excluding carboxylic acids is 1. The average molecular weight is 244 g/mol. The second-order valence-corrected chi connectivity index (χ2v) is 4.37. The Labute approximate surface area is 101 Å². The molecular weight excluding hydrogens is 224 g/mol. The van der Waals surface area contributed by atoms with Crippen molar-refractivity contribution >= 4 is 17.7 Å². The number of carboxylic acid groups (broad SMARTS) is 2. The Morgan fingerprint density at radius 2 is 1.35 bits per heavy atom. The SMILES string of the molecule is CCCC(CCC(=O)O)(CCC(=O)O)C(C)=O. The maximum atomic E-state index is 11.7. The molecule has 0 radical (unpaired) electrons. The first-order valence-corrected chi connectivity index (χ1v) is 5.78. The van der Waals surface area contributed by atoms with Crippen molar-refractivity contribution in [3.63, 3.8) is 0 Å². The first-order chi connectivity index (χ1) is 7.84. The van der Waals surface area contributed by atoms with E-state index in [1.807, 2.05) is 6.92 Å². The number of rotatable bonds is 9. The molecule has 0 rings (SSSR count). The van der Waals surface area contributed by atoms with Gasteiger partial charge in [-0.15, -0.1) is 0 Å². The minimum atomic E-state index is -0.956. The molecule has 0 fully saturated rings. The van der Waals surface area contributed by atoms with E-state index in [4.69, 9.17) is 10.2 Å². The van der Waals surface area contributed by atoms with Gasteiger partial charge in [-0.3, -0.25) is 14.4 Å². The van der Waals surface area contributed by atoms with Crippen molar-refractivity contribution in [3.05, 3.63) is 0 Å². The molecule has 0 bridgehead atoms. The highest BCUT2D eigenvalue weighted by Gasteiger charge is 2.35. The smallest absolute Gasteiger partial charge is 0.303 e. The summed E-state index contributed by atoms with van der Waals surface area (Å²) >= 11 is 0. The fourth-order valence-electron chi connectivity index (χ4n) is 2.07. The largest absolute Gasteiger partial charge is 0.481 e. The number of aliphatic carboxylic acids is 2. The first kappa shape index (κ1) is 15.6. The molecule has 0 unspecified atom stereocenters. The van der Waals surface area contributed by atoms with Crippen LogP contribution in [0.15, 0.2) is 0 Å². The van der Waals surface area contributed by atoms with Crippen LogP contribution in [0.5, 0.6) is 0 Å². The number of hydrogen-bond acceptors (Lipinski definition) is 3. The average Bonchev–Trinajstić information content (AvgIpc) is 2.21. The van der Waals surface area contributed by atoms with Crippen molar-refractivity contribution in [2.75, 3.05) is 0 Å². The van der Waals surface area contributed by atoms with Crippen LogP contribution < -0.4 is 0 Å². The molecule has 5 heteroatoms. The lowest BCUT2D eigenvalue weighted by molar-refractivity contribution is -0.139. The summed E-state index contributed by atoms with van der Waals surface area (Å²) in [5.41, 5.74) is -0.786. The highest BCUT2D eigenvalue weighted by atomic mass is 16.4. The van der Waals surface area contributed by atoms with Crippen LogP contribution in [-0.2, 0) is 14.4 Å². The van der Waals surface area contributed by atoms with Crippen molar-refractivity contribution in [2.24, 2.45) is 5.41 Å². The molecule has 0 saturated carbocycles. The molecule has 0 aliphatic carbocycles. The van der Waals surface area contributed by atoms with E-state index in [-0.39, 0.29) is 31.5 Å². The predicted octanol–water partition coefficient (Wildman–Crippen LogP) is 2.09. The zero-order valence-corrected chi connectivity index (χ0v) is 10.4. The zero-order chi connectivity index (χ0) is 13.5. The molecular formula is C12H20O5. The number of hydrogen-bond donors (Lipinski definition) is 2. The van der Waals surface area contributed by atoms with Gasteiger partial charge < -0.3 is 10.2 Å². The van der Waals surface area contributed by atoms with Gasteiger partial charge >= 0.3 is 11.9 Å². The predicted molar refractivity (Wildman–Crippen MR) is 61.8 cm³/mol. The van der Waals surface area contributed by atoms with Crippen LogP contribution in [0.3, 0.4) is 0 Å². The molecule has 17 heavy (non-hydrogen) atoms. The Morgan fingerprint density at radius 1 is 0.941 bits per heavy atom. The Balaban J connectivity index is 4.77. The van der Waals surface area contributed by atoms with E-state index < -0.39 is 17.4 Å². The van der Waals surface area contributed by atoms with E-state index in [1.165, 1.54) is 6.92 Å². The van der Waals surface area contributed by atoms with Crippen LogP contribution in [-0.4, -0.2) is 27.9 Å². The molecule has 2 N–H and O–H groups in total. The van der Waals surface area contributed by atoms with E-state index in [2.05, 4.69) is 0 Å². The molecule has 0 amide bonds. The second-order valence-electron chi connectivity index (χ2n) is 4.37. The quantitative estimate of drug-likeness (QED) is 0.648. The fraction of sp³-hybridized carbons (Fsp3) is 0.750. The molecule has 0 aliphatic rings. The Hall–Kier alpha value is -1.39. The summed E-state index contributed by atoms with van der Waals surface area (Å²) in [6, 6.07) is 0. The summed E-state index contributed by atoms with van der Waals surface area (Å²) < 4.78 is 0. The summed E-state index contributed by atoms with van der Waals surface area (Å²) in [6.45, 7) is 3.32. The highest BCUT2D eigenvalue weighted by Crippen LogP contribution is 2.36. The van der Waals surface area contributed by atoms with Crippen LogP contribution in [0.2, 0.25) is 0 Å². The minimum absolute atomic E-state index is 0.0980. The van der Waals surface area contributed by atoms with Gasteiger partial charge in [-0.2, -0.15) is 0 Å². The third kappa shape index (κ3) is 5.47. The van der Waals surface area contributed by atoms with Crippen molar-refractivity contribution in [2.45, 2.75) is 52.4 Å². The van der Waals surface area contributed by atoms with Crippen molar-refractivity contribution in [3.8, 4) is 0 Å². The van der Waals surface area contributed by atoms with E-state index in [0.29, 0.717) is 6.42 Å². The lowest BCUT2D eigenvalue weighted by atomic mass is 9.72. The molecule has 0 saturated heterocycles. The Bertz CT molecular complexity index is 277. The van der Waals surface area contributed by atoms with Crippen LogP contribution in [0.25, 0.3) is 0 Å². The van der Waals surface area contributed by atoms with Crippen LogP contribution in [0.1, 0.15) is 52.4 Å². The maximum absolute atomic E-state index is 11.7. The third-order valence-electron chi connectivity index (χ3n) is 3.11. The van der Waals surface area contributed by atoms with E-state index in [0.717, 1.165) is 6.42 Å². The number of carboxylic acids is 2.